The molecule has 0 aromatic heterocycles. The zero-order valence-electron chi connectivity index (χ0n) is 15.8. The van der Waals surface area contributed by atoms with Crippen molar-refractivity contribution in [3.8, 4) is 11.5 Å². The number of benzene rings is 2. The average Bonchev–Trinajstić information content (AvgIpc) is 2.86. The maximum Gasteiger partial charge on any atom is 0.262 e. The Morgan fingerprint density at radius 2 is 1.86 bits per heavy atom. The Balaban J connectivity index is 2.13. The van der Waals surface area contributed by atoms with E-state index < -0.39 is 33.4 Å². The number of ether oxygens (including phenoxy) is 1. The van der Waals surface area contributed by atoms with Gasteiger partial charge in [0.1, 0.15) is 9.84 Å². The minimum atomic E-state index is -3.54. The summed E-state index contributed by atoms with van der Waals surface area (Å²) >= 11 is 0. The highest BCUT2D eigenvalue weighted by atomic mass is 32.2. The van der Waals surface area contributed by atoms with Gasteiger partial charge in [0, 0.05) is 6.26 Å². The summed E-state index contributed by atoms with van der Waals surface area (Å²) in [7, 11) is -3.54. The van der Waals surface area contributed by atoms with Crippen LogP contribution in [0.4, 0.5) is 0 Å². The lowest BCUT2D eigenvalue weighted by atomic mass is 10.0. The van der Waals surface area contributed by atoms with Crippen LogP contribution >= 0.6 is 0 Å². The molecule has 3 rings (SSSR count). The van der Waals surface area contributed by atoms with Gasteiger partial charge in [-0.15, -0.1) is 0 Å². The summed E-state index contributed by atoms with van der Waals surface area (Å²) in [4.78, 5) is 27.0. The highest BCUT2D eigenvalue weighted by molar-refractivity contribution is 7.90. The third-order valence-electron chi connectivity index (χ3n) is 4.60. The molecule has 28 heavy (non-hydrogen) atoms. The van der Waals surface area contributed by atoms with Gasteiger partial charge in [-0.25, -0.2) is 8.42 Å². The molecule has 148 valence electrons. The number of sulfone groups is 1. The van der Waals surface area contributed by atoms with Crippen LogP contribution in [-0.4, -0.2) is 48.9 Å². The minimum absolute atomic E-state index is 0.109. The molecule has 0 fully saturated rings. The number of nitrogens with zero attached hydrogens (tertiary/aromatic N) is 1. The third-order valence-corrected chi connectivity index (χ3v) is 5.52. The number of phenolic OH excluding ortho intramolecular Hbond substituents is 1. The minimum Gasteiger partial charge on any atom is -0.504 e. The van der Waals surface area contributed by atoms with Crippen LogP contribution in [0.2, 0.25) is 0 Å². The number of hydrogen-bond donors (Lipinski definition) is 1. The molecule has 2 aromatic rings. The molecule has 1 aliphatic heterocycles. The van der Waals surface area contributed by atoms with Crippen molar-refractivity contribution in [3.63, 3.8) is 0 Å². The van der Waals surface area contributed by atoms with E-state index in [-0.39, 0.29) is 22.6 Å². The fraction of sp³-hybridized carbons (Fsp3) is 0.300. The Kier molecular flexibility index (Phi) is 5.16. The van der Waals surface area contributed by atoms with E-state index in [9.17, 15) is 23.1 Å². The van der Waals surface area contributed by atoms with Crippen LogP contribution in [0.1, 0.15) is 44.8 Å². The normalized spacial score (nSPS) is 14.9. The van der Waals surface area contributed by atoms with Gasteiger partial charge in [0.15, 0.2) is 11.5 Å². The second kappa shape index (κ2) is 7.27. The molecule has 7 nitrogen and oxygen atoms in total. The number of aryl methyl sites for hydroxylation is 1. The largest absolute Gasteiger partial charge is 0.504 e. The predicted molar refractivity (Wildman–Crippen MR) is 103 cm³/mol. The molecule has 1 aliphatic rings. The summed E-state index contributed by atoms with van der Waals surface area (Å²) in [6.45, 7) is 3.76. The molecule has 0 saturated heterocycles. The second-order valence-corrected chi connectivity index (χ2v) is 8.93. The molecule has 2 amide bonds. The Morgan fingerprint density at radius 1 is 1.14 bits per heavy atom. The number of fused-ring (bicyclic) bond motifs is 1. The predicted octanol–water partition coefficient (Wildman–Crippen LogP) is 2.48. The number of phenols is 1. The van der Waals surface area contributed by atoms with Gasteiger partial charge in [-0.2, -0.15) is 0 Å². The lowest BCUT2D eigenvalue weighted by molar-refractivity contribution is 0.0597. The first kappa shape index (κ1) is 19.9. The van der Waals surface area contributed by atoms with Gasteiger partial charge < -0.3 is 9.84 Å². The maximum absolute atomic E-state index is 13.0. The summed E-state index contributed by atoms with van der Waals surface area (Å²) < 4.78 is 29.5. The molecular weight excluding hydrogens is 382 g/mol. The van der Waals surface area contributed by atoms with Crippen LogP contribution < -0.4 is 4.74 Å². The molecule has 0 aliphatic carbocycles. The van der Waals surface area contributed by atoms with Gasteiger partial charge >= 0.3 is 0 Å². The molecule has 1 heterocycles. The standard InChI is InChI=1S/C20H21NO6S/c1-4-27-17-10-13(8-9-16(17)22)15(11-28(3,25)26)21-19(23)14-7-5-6-12(2)18(14)20(21)24/h5-10,15,22H,4,11H2,1-3H3/t15-/m0/s1. The first-order chi connectivity index (χ1) is 13.1. The molecule has 0 spiro atoms. The van der Waals surface area contributed by atoms with Crippen LogP contribution in [0.25, 0.3) is 0 Å². The molecule has 0 unspecified atom stereocenters. The fourth-order valence-corrected chi connectivity index (χ4v) is 4.29. The van der Waals surface area contributed by atoms with E-state index in [1.807, 2.05) is 0 Å². The highest BCUT2D eigenvalue weighted by Gasteiger charge is 2.42. The van der Waals surface area contributed by atoms with E-state index in [1.54, 1.807) is 32.0 Å². The van der Waals surface area contributed by atoms with Crippen molar-refractivity contribution in [1.29, 1.82) is 0 Å². The van der Waals surface area contributed by atoms with Crippen molar-refractivity contribution in [2.24, 2.45) is 0 Å². The van der Waals surface area contributed by atoms with Crippen LogP contribution in [0.15, 0.2) is 36.4 Å². The Morgan fingerprint density at radius 3 is 2.46 bits per heavy atom. The van der Waals surface area contributed by atoms with Gasteiger partial charge in [-0.05, 0) is 43.2 Å². The number of carbonyl (C=O) groups excluding carboxylic acids is 2. The van der Waals surface area contributed by atoms with Crippen LogP contribution in [0.3, 0.4) is 0 Å². The van der Waals surface area contributed by atoms with Gasteiger partial charge in [-0.1, -0.05) is 18.2 Å². The summed E-state index contributed by atoms with van der Waals surface area (Å²) in [6, 6.07) is 8.24. The first-order valence-electron chi connectivity index (χ1n) is 8.75. The van der Waals surface area contributed by atoms with E-state index in [0.717, 1.165) is 11.2 Å². The van der Waals surface area contributed by atoms with Crippen molar-refractivity contribution in [3.05, 3.63) is 58.7 Å². The molecule has 2 aromatic carbocycles. The smallest absolute Gasteiger partial charge is 0.262 e. The first-order valence-corrected chi connectivity index (χ1v) is 10.8. The summed E-state index contributed by atoms with van der Waals surface area (Å²) in [5.41, 5.74) is 1.58. The zero-order chi connectivity index (χ0) is 20.6. The Bertz CT molecular complexity index is 1060. The fourth-order valence-electron chi connectivity index (χ4n) is 3.37. The SMILES string of the molecule is CCOc1cc([C@H](CS(C)(=O)=O)N2C(=O)c3cccc(C)c3C2=O)ccc1O. The number of aromatic hydroxyl groups is 1. The average molecular weight is 403 g/mol. The summed E-state index contributed by atoms with van der Waals surface area (Å²) in [6.07, 6.45) is 1.05. The van der Waals surface area contributed by atoms with Gasteiger partial charge in [0.05, 0.1) is 29.5 Å². The highest BCUT2D eigenvalue weighted by Crippen LogP contribution is 2.37. The third kappa shape index (κ3) is 3.60. The topological polar surface area (TPSA) is 101 Å². The number of hydrogen-bond acceptors (Lipinski definition) is 6. The monoisotopic (exact) mass is 403 g/mol. The van der Waals surface area contributed by atoms with E-state index in [0.29, 0.717) is 17.7 Å². The molecular formula is C20H21NO6S. The quantitative estimate of drug-likeness (QED) is 0.744. The summed E-state index contributed by atoms with van der Waals surface area (Å²) in [5.74, 6) is -1.46. The Hall–Kier alpha value is -2.87. The van der Waals surface area contributed by atoms with Crippen LogP contribution in [-0.2, 0) is 9.84 Å². The maximum atomic E-state index is 13.0. The molecule has 0 radical (unpaired) electrons. The number of imide groups is 1. The van der Waals surface area contributed by atoms with Crippen molar-refractivity contribution in [1.82, 2.24) is 4.90 Å². The van der Waals surface area contributed by atoms with Gasteiger partial charge in [-0.3, -0.25) is 14.5 Å². The zero-order valence-corrected chi connectivity index (χ0v) is 16.6. The van der Waals surface area contributed by atoms with E-state index in [1.165, 1.54) is 18.2 Å². The van der Waals surface area contributed by atoms with E-state index in [2.05, 4.69) is 0 Å². The van der Waals surface area contributed by atoms with Crippen molar-refractivity contribution in [2.75, 3.05) is 18.6 Å². The molecule has 0 saturated carbocycles. The van der Waals surface area contributed by atoms with Gasteiger partial charge in [0.2, 0.25) is 0 Å². The van der Waals surface area contributed by atoms with Crippen LogP contribution in [0.5, 0.6) is 11.5 Å². The van der Waals surface area contributed by atoms with Crippen molar-refractivity contribution in [2.45, 2.75) is 19.9 Å². The van der Waals surface area contributed by atoms with Crippen molar-refractivity contribution < 1.29 is 27.9 Å². The summed E-state index contributed by atoms with van der Waals surface area (Å²) in [5, 5.41) is 9.94. The van der Waals surface area contributed by atoms with E-state index >= 15 is 0 Å². The molecule has 1 N–H and O–H groups in total. The van der Waals surface area contributed by atoms with E-state index in [4.69, 9.17) is 4.74 Å². The molecule has 8 heteroatoms. The number of amides is 2. The second-order valence-electron chi connectivity index (χ2n) is 6.75. The lowest BCUT2D eigenvalue weighted by Gasteiger charge is -2.26. The number of rotatable bonds is 6. The van der Waals surface area contributed by atoms with Crippen molar-refractivity contribution >= 4 is 21.7 Å². The molecule has 0 bridgehead atoms. The Labute approximate surface area is 163 Å². The van der Waals surface area contributed by atoms with Gasteiger partial charge in [0.25, 0.3) is 11.8 Å². The van der Waals surface area contributed by atoms with Crippen LogP contribution in [0, 0.1) is 6.92 Å². The number of carbonyl (C=O) groups is 2. The molecule has 1 atom stereocenters. The lowest BCUT2D eigenvalue weighted by Crippen LogP contribution is -2.37.